The Morgan fingerprint density at radius 1 is 0.840 bits per heavy atom. The van der Waals surface area contributed by atoms with Crippen molar-refractivity contribution in [2.24, 2.45) is 5.92 Å². The van der Waals surface area contributed by atoms with E-state index < -0.39 is 18.3 Å². The highest BCUT2D eigenvalue weighted by atomic mass is 19.3. The van der Waals surface area contributed by atoms with Crippen molar-refractivity contribution in [3.05, 3.63) is 60.2 Å². The molecule has 0 aromatic heterocycles. The molecule has 1 aliphatic carbocycles. The standard InChI is InChI=1S/C21H22F4/c22-20(23)19(14-15-10-12-21(24,25)13-11-15)18-8-6-17(7-9-18)16-4-2-1-3-5-16/h1-9,15,19-20H,10-14H2. The molecule has 0 radical (unpaired) electrons. The van der Waals surface area contributed by atoms with Crippen molar-refractivity contribution in [3.63, 3.8) is 0 Å². The van der Waals surface area contributed by atoms with Crippen molar-refractivity contribution in [1.29, 1.82) is 0 Å². The Bertz CT molecular complexity index is 654. The molecule has 1 saturated carbocycles. The summed E-state index contributed by atoms with van der Waals surface area (Å²) in [7, 11) is 0. The molecule has 1 unspecified atom stereocenters. The van der Waals surface area contributed by atoms with E-state index in [1.807, 2.05) is 42.5 Å². The maximum absolute atomic E-state index is 13.6. The summed E-state index contributed by atoms with van der Waals surface area (Å²) in [6.45, 7) is 0. The molecule has 1 fully saturated rings. The van der Waals surface area contributed by atoms with Crippen molar-refractivity contribution in [2.45, 2.75) is 50.4 Å². The minimum absolute atomic E-state index is 0.0487. The topological polar surface area (TPSA) is 0 Å². The Morgan fingerprint density at radius 3 is 1.96 bits per heavy atom. The third-order valence-electron chi connectivity index (χ3n) is 5.17. The van der Waals surface area contributed by atoms with Crippen LogP contribution in [0.15, 0.2) is 54.6 Å². The van der Waals surface area contributed by atoms with E-state index in [1.165, 1.54) is 0 Å². The van der Waals surface area contributed by atoms with Gasteiger partial charge in [0.15, 0.2) is 0 Å². The molecule has 1 aliphatic rings. The van der Waals surface area contributed by atoms with Crippen molar-refractivity contribution in [3.8, 4) is 11.1 Å². The van der Waals surface area contributed by atoms with E-state index in [2.05, 4.69) is 0 Å². The van der Waals surface area contributed by atoms with Gasteiger partial charge in [-0.25, -0.2) is 17.6 Å². The van der Waals surface area contributed by atoms with Gasteiger partial charge in [0.1, 0.15) is 0 Å². The highest BCUT2D eigenvalue weighted by molar-refractivity contribution is 5.63. The summed E-state index contributed by atoms with van der Waals surface area (Å²) in [5.41, 5.74) is 2.61. The van der Waals surface area contributed by atoms with Crippen LogP contribution in [-0.2, 0) is 0 Å². The van der Waals surface area contributed by atoms with Gasteiger partial charge in [-0.3, -0.25) is 0 Å². The molecule has 3 rings (SSSR count). The fourth-order valence-electron chi connectivity index (χ4n) is 3.63. The third-order valence-corrected chi connectivity index (χ3v) is 5.17. The Labute approximate surface area is 145 Å². The van der Waals surface area contributed by atoms with E-state index in [1.54, 1.807) is 12.1 Å². The van der Waals surface area contributed by atoms with Gasteiger partial charge in [-0.1, -0.05) is 54.6 Å². The fraction of sp³-hybridized carbons (Fsp3) is 0.429. The van der Waals surface area contributed by atoms with Crippen LogP contribution in [0.1, 0.15) is 43.6 Å². The Balaban J connectivity index is 1.70. The minimum Gasteiger partial charge on any atom is -0.210 e. The summed E-state index contributed by atoms with van der Waals surface area (Å²) >= 11 is 0. The lowest BCUT2D eigenvalue weighted by molar-refractivity contribution is -0.0489. The zero-order chi connectivity index (χ0) is 17.9. The number of hydrogen-bond donors (Lipinski definition) is 0. The minimum atomic E-state index is -2.62. The molecule has 0 bridgehead atoms. The SMILES string of the molecule is FC(F)C(CC1CCC(F)(F)CC1)c1ccc(-c2ccccc2)cc1. The van der Waals surface area contributed by atoms with Crippen LogP contribution in [0.5, 0.6) is 0 Å². The van der Waals surface area contributed by atoms with Crippen molar-refractivity contribution >= 4 is 0 Å². The number of benzene rings is 2. The van der Waals surface area contributed by atoms with Crippen LogP contribution in [0.4, 0.5) is 17.6 Å². The largest absolute Gasteiger partial charge is 0.248 e. The molecule has 0 nitrogen and oxygen atoms in total. The average molecular weight is 350 g/mol. The van der Waals surface area contributed by atoms with Gasteiger partial charge in [0.2, 0.25) is 12.3 Å². The quantitative estimate of drug-likeness (QED) is 0.514. The fourth-order valence-corrected chi connectivity index (χ4v) is 3.63. The molecule has 0 heterocycles. The number of rotatable bonds is 5. The van der Waals surface area contributed by atoms with Gasteiger partial charge in [-0.15, -0.1) is 0 Å². The Hall–Kier alpha value is -1.84. The second kappa shape index (κ2) is 7.59. The van der Waals surface area contributed by atoms with E-state index in [0.29, 0.717) is 18.4 Å². The molecule has 2 aromatic carbocycles. The first-order chi connectivity index (χ1) is 11.9. The molecule has 134 valence electrons. The lowest BCUT2D eigenvalue weighted by Crippen LogP contribution is -2.26. The van der Waals surface area contributed by atoms with E-state index in [4.69, 9.17) is 0 Å². The summed E-state index contributed by atoms with van der Waals surface area (Å²) in [5, 5.41) is 0. The van der Waals surface area contributed by atoms with Crippen LogP contribution < -0.4 is 0 Å². The van der Waals surface area contributed by atoms with Gasteiger partial charge in [-0.05, 0) is 41.9 Å². The van der Waals surface area contributed by atoms with E-state index in [-0.39, 0.29) is 25.2 Å². The third kappa shape index (κ3) is 4.62. The normalized spacial score (nSPS) is 19.1. The maximum atomic E-state index is 13.6. The molecule has 25 heavy (non-hydrogen) atoms. The van der Waals surface area contributed by atoms with E-state index >= 15 is 0 Å². The van der Waals surface area contributed by atoms with Crippen LogP contribution in [0, 0.1) is 5.92 Å². The van der Waals surface area contributed by atoms with Crippen LogP contribution >= 0.6 is 0 Å². The van der Waals surface area contributed by atoms with E-state index in [9.17, 15) is 17.6 Å². The smallest absolute Gasteiger partial charge is 0.210 e. The van der Waals surface area contributed by atoms with Crippen molar-refractivity contribution in [1.82, 2.24) is 0 Å². The van der Waals surface area contributed by atoms with Gasteiger partial charge >= 0.3 is 0 Å². The number of alkyl halides is 4. The van der Waals surface area contributed by atoms with Gasteiger partial charge in [0.05, 0.1) is 0 Å². The molecule has 2 aromatic rings. The molecule has 0 spiro atoms. The second-order valence-electron chi connectivity index (χ2n) is 6.96. The zero-order valence-electron chi connectivity index (χ0n) is 14.0. The molecule has 0 saturated heterocycles. The second-order valence-corrected chi connectivity index (χ2v) is 6.96. The highest BCUT2D eigenvalue weighted by Gasteiger charge is 2.36. The van der Waals surface area contributed by atoms with Crippen LogP contribution in [0.3, 0.4) is 0 Å². The average Bonchev–Trinajstić information content (AvgIpc) is 2.61. The monoisotopic (exact) mass is 350 g/mol. The first-order valence-corrected chi connectivity index (χ1v) is 8.76. The molecule has 4 heteroatoms. The van der Waals surface area contributed by atoms with Gasteiger partial charge in [0.25, 0.3) is 0 Å². The predicted molar refractivity (Wildman–Crippen MR) is 92.1 cm³/mol. The summed E-state index contributed by atoms with van der Waals surface area (Å²) in [5.74, 6) is -3.55. The first-order valence-electron chi connectivity index (χ1n) is 8.76. The number of halogens is 4. The lowest BCUT2D eigenvalue weighted by atomic mass is 9.79. The first kappa shape index (κ1) is 18.0. The summed E-state index contributed by atoms with van der Waals surface area (Å²) in [4.78, 5) is 0. The Morgan fingerprint density at radius 2 is 1.40 bits per heavy atom. The molecular weight excluding hydrogens is 328 g/mol. The summed E-state index contributed by atoms with van der Waals surface area (Å²) in [6.07, 6.45) is -1.90. The van der Waals surface area contributed by atoms with E-state index in [0.717, 1.165) is 11.1 Å². The Kier molecular flexibility index (Phi) is 5.45. The molecule has 0 N–H and O–H groups in total. The van der Waals surface area contributed by atoms with Crippen LogP contribution in [0.2, 0.25) is 0 Å². The molecular formula is C21H22F4. The lowest BCUT2D eigenvalue weighted by Gasteiger charge is -2.30. The molecule has 1 atom stereocenters. The van der Waals surface area contributed by atoms with Crippen LogP contribution in [-0.4, -0.2) is 12.3 Å². The summed E-state index contributed by atoms with van der Waals surface area (Å²) < 4.78 is 53.6. The summed E-state index contributed by atoms with van der Waals surface area (Å²) in [6, 6.07) is 17.0. The van der Waals surface area contributed by atoms with Gasteiger partial charge in [0, 0.05) is 18.8 Å². The number of hydrogen-bond acceptors (Lipinski definition) is 0. The van der Waals surface area contributed by atoms with Crippen molar-refractivity contribution < 1.29 is 17.6 Å². The maximum Gasteiger partial charge on any atom is 0.248 e. The zero-order valence-corrected chi connectivity index (χ0v) is 14.0. The highest BCUT2D eigenvalue weighted by Crippen LogP contribution is 2.41. The molecule has 0 aliphatic heterocycles. The van der Waals surface area contributed by atoms with Crippen LogP contribution in [0.25, 0.3) is 11.1 Å². The molecule has 0 amide bonds. The predicted octanol–water partition coefficient (Wildman–Crippen LogP) is 6.92. The van der Waals surface area contributed by atoms with Gasteiger partial charge < -0.3 is 0 Å². The van der Waals surface area contributed by atoms with Gasteiger partial charge in [-0.2, -0.15) is 0 Å². The van der Waals surface area contributed by atoms with Crippen molar-refractivity contribution in [2.75, 3.05) is 0 Å².